The van der Waals surface area contributed by atoms with Gasteiger partial charge in [-0.05, 0) is 36.1 Å². The molecule has 0 aromatic heterocycles. The first-order chi connectivity index (χ1) is 12.5. The smallest absolute Gasteiger partial charge is 0.305 e. The molecule has 2 aromatic carbocycles. The van der Waals surface area contributed by atoms with Crippen molar-refractivity contribution in [2.45, 2.75) is 38.6 Å². The summed E-state index contributed by atoms with van der Waals surface area (Å²) in [4.78, 5) is 23.6. The van der Waals surface area contributed by atoms with Crippen molar-refractivity contribution in [3.05, 3.63) is 65.7 Å². The Hall–Kier alpha value is -2.82. The summed E-state index contributed by atoms with van der Waals surface area (Å²) in [6.07, 6.45) is 0.136. The molecule has 2 aromatic rings. The predicted molar refractivity (Wildman–Crippen MR) is 100 cm³/mol. The summed E-state index contributed by atoms with van der Waals surface area (Å²) >= 11 is 0. The largest absolute Gasteiger partial charge is 0.494 e. The van der Waals surface area contributed by atoms with E-state index >= 15 is 0 Å². The molecular weight excluding hydrogens is 330 g/mol. The van der Waals surface area contributed by atoms with Gasteiger partial charge in [0.05, 0.1) is 19.1 Å². The molecular formula is C21H25NO4. The number of rotatable bonds is 9. The van der Waals surface area contributed by atoms with Gasteiger partial charge < -0.3 is 15.2 Å². The van der Waals surface area contributed by atoms with Crippen LogP contribution in [-0.4, -0.2) is 23.6 Å². The molecule has 5 heteroatoms. The van der Waals surface area contributed by atoms with Crippen molar-refractivity contribution in [2.75, 3.05) is 6.61 Å². The summed E-state index contributed by atoms with van der Waals surface area (Å²) in [5.74, 6) is -0.349. The number of aliphatic carboxylic acids is 1. The fraction of sp³-hybridized carbons (Fsp3) is 0.333. The lowest BCUT2D eigenvalue weighted by Gasteiger charge is -2.19. The average Bonchev–Trinajstić information content (AvgIpc) is 2.62. The summed E-state index contributed by atoms with van der Waals surface area (Å²) in [6.45, 7) is 4.44. The summed E-state index contributed by atoms with van der Waals surface area (Å²) in [7, 11) is 0. The van der Waals surface area contributed by atoms with Crippen LogP contribution in [0.4, 0.5) is 0 Å². The molecule has 0 aliphatic heterocycles. The van der Waals surface area contributed by atoms with E-state index in [-0.39, 0.29) is 18.2 Å². The zero-order chi connectivity index (χ0) is 18.9. The maximum absolute atomic E-state index is 12.4. The van der Waals surface area contributed by atoms with E-state index in [0.29, 0.717) is 18.8 Å². The Labute approximate surface area is 154 Å². The normalized spacial score (nSPS) is 12.8. The fourth-order valence-corrected chi connectivity index (χ4v) is 2.82. The van der Waals surface area contributed by atoms with Gasteiger partial charge in [-0.3, -0.25) is 9.59 Å². The van der Waals surface area contributed by atoms with E-state index in [1.165, 1.54) is 0 Å². The van der Waals surface area contributed by atoms with Crippen molar-refractivity contribution in [2.24, 2.45) is 0 Å². The van der Waals surface area contributed by atoms with Crippen LogP contribution in [0.2, 0.25) is 0 Å². The van der Waals surface area contributed by atoms with E-state index in [2.05, 4.69) is 5.32 Å². The van der Waals surface area contributed by atoms with Gasteiger partial charge in [-0.15, -0.1) is 0 Å². The third kappa shape index (κ3) is 5.92. The SMILES string of the molecule is CCOc1ccc(C(CC(=O)O)NC(=O)CC(C)c2ccccc2)cc1. The molecule has 2 N–H and O–H groups in total. The minimum absolute atomic E-state index is 0.0574. The van der Waals surface area contributed by atoms with E-state index < -0.39 is 12.0 Å². The van der Waals surface area contributed by atoms with Gasteiger partial charge in [0.15, 0.2) is 0 Å². The number of ether oxygens (including phenoxy) is 1. The molecule has 0 bridgehead atoms. The topological polar surface area (TPSA) is 75.6 Å². The van der Waals surface area contributed by atoms with E-state index in [1.807, 2.05) is 44.2 Å². The van der Waals surface area contributed by atoms with Crippen molar-refractivity contribution in [1.29, 1.82) is 0 Å². The summed E-state index contributed by atoms with van der Waals surface area (Å²) in [6, 6.07) is 16.4. The van der Waals surface area contributed by atoms with Gasteiger partial charge in [0.1, 0.15) is 5.75 Å². The highest BCUT2D eigenvalue weighted by atomic mass is 16.5. The molecule has 0 aliphatic rings. The lowest BCUT2D eigenvalue weighted by atomic mass is 9.97. The second-order valence-corrected chi connectivity index (χ2v) is 6.24. The molecule has 2 atom stereocenters. The van der Waals surface area contributed by atoms with E-state index in [4.69, 9.17) is 4.74 Å². The van der Waals surface area contributed by atoms with Gasteiger partial charge in [0, 0.05) is 6.42 Å². The predicted octanol–water partition coefficient (Wildman–Crippen LogP) is 3.91. The lowest BCUT2D eigenvalue weighted by Crippen LogP contribution is -2.30. The van der Waals surface area contributed by atoms with E-state index in [1.54, 1.807) is 24.3 Å². The van der Waals surface area contributed by atoms with Gasteiger partial charge in [-0.1, -0.05) is 49.4 Å². The van der Waals surface area contributed by atoms with Crippen molar-refractivity contribution >= 4 is 11.9 Å². The molecule has 26 heavy (non-hydrogen) atoms. The number of carboxylic acid groups (broad SMARTS) is 1. The Morgan fingerprint density at radius 2 is 1.65 bits per heavy atom. The Morgan fingerprint density at radius 1 is 1.00 bits per heavy atom. The number of carbonyl (C=O) groups excluding carboxylic acids is 1. The van der Waals surface area contributed by atoms with Gasteiger partial charge in [-0.2, -0.15) is 0 Å². The van der Waals surface area contributed by atoms with Gasteiger partial charge in [-0.25, -0.2) is 0 Å². The number of carboxylic acids is 1. The second kappa shape index (κ2) is 9.61. The maximum Gasteiger partial charge on any atom is 0.305 e. The zero-order valence-electron chi connectivity index (χ0n) is 15.1. The van der Waals surface area contributed by atoms with Crippen LogP contribution in [-0.2, 0) is 9.59 Å². The highest BCUT2D eigenvalue weighted by Crippen LogP contribution is 2.23. The number of amides is 1. The fourth-order valence-electron chi connectivity index (χ4n) is 2.82. The molecule has 1 amide bonds. The summed E-state index contributed by atoms with van der Waals surface area (Å²) in [5, 5.41) is 12.0. The number of hydrogen-bond donors (Lipinski definition) is 2. The van der Waals surface area contributed by atoms with Gasteiger partial charge >= 0.3 is 5.97 Å². The third-order valence-electron chi connectivity index (χ3n) is 4.17. The average molecular weight is 355 g/mol. The number of nitrogens with one attached hydrogen (secondary N) is 1. The summed E-state index contributed by atoms with van der Waals surface area (Å²) in [5.41, 5.74) is 1.83. The number of hydrogen-bond acceptors (Lipinski definition) is 3. The molecule has 5 nitrogen and oxygen atoms in total. The van der Waals surface area contributed by atoms with Crippen molar-refractivity contribution in [1.82, 2.24) is 5.32 Å². The molecule has 0 spiro atoms. The van der Waals surface area contributed by atoms with Crippen molar-refractivity contribution < 1.29 is 19.4 Å². The quantitative estimate of drug-likeness (QED) is 0.715. The van der Waals surface area contributed by atoms with E-state index in [9.17, 15) is 14.7 Å². The van der Waals surface area contributed by atoms with Crippen LogP contribution in [0.1, 0.15) is 49.8 Å². The Bertz CT molecular complexity index is 713. The monoisotopic (exact) mass is 355 g/mol. The van der Waals surface area contributed by atoms with Gasteiger partial charge in [0.2, 0.25) is 5.91 Å². The second-order valence-electron chi connectivity index (χ2n) is 6.24. The highest BCUT2D eigenvalue weighted by molar-refractivity contribution is 5.78. The van der Waals surface area contributed by atoms with Crippen LogP contribution in [0, 0.1) is 0 Å². The minimum atomic E-state index is -0.958. The standard InChI is InChI=1S/C21H25NO4/c1-3-26-18-11-9-17(10-12-18)19(14-21(24)25)22-20(23)13-15(2)16-7-5-4-6-8-16/h4-12,15,19H,3,13-14H2,1-2H3,(H,22,23)(H,24,25). The van der Waals surface area contributed by atoms with Crippen LogP contribution in [0.25, 0.3) is 0 Å². The Morgan fingerprint density at radius 3 is 2.23 bits per heavy atom. The molecule has 0 heterocycles. The highest BCUT2D eigenvalue weighted by Gasteiger charge is 2.20. The molecule has 0 aliphatic carbocycles. The van der Waals surface area contributed by atoms with Gasteiger partial charge in [0.25, 0.3) is 0 Å². The van der Waals surface area contributed by atoms with Crippen molar-refractivity contribution in [3.8, 4) is 5.75 Å². The molecule has 2 unspecified atom stereocenters. The first kappa shape index (κ1) is 19.5. The van der Waals surface area contributed by atoms with Crippen LogP contribution in [0.5, 0.6) is 5.75 Å². The lowest BCUT2D eigenvalue weighted by molar-refractivity contribution is -0.137. The Kier molecular flexibility index (Phi) is 7.21. The Balaban J connectivity index is 2.04. The molecule has 0 fully saturated rings. The van der Waals surface area contributed by atoms with Crippen LogP contribution >= 0.6 is 0 Å². The molecule has 0 saturated carbocycles. The number of benzene rings is 2. The third-order valence-corrected chi connectivity index (χ3v) is 4.17. The molecule has 0 radical (unpaired) electrons. The first-order valence-corrected chi connectivity index (χ1v) is 8.78. The maximum atomic E-state index is 12.4. The van der Waals surface area contributed by atoms with Crippen LogP contribution < -0.4 is 10.1 Å². The summed E-state index contributed by atoms with van der Waals surface area (Å²) < 4.78 is 5.40. The zero-order valence-corrected chi connectivity index (χ0v) is 15.1. The first-order valence-electron chi connectivity index (χ1n) is 8.78. The van der Waals surface area contributed by atoms with E-state index in [0.717, 1.165) is 11.1 Å². The minimum Gasteiger partial charge on any atom is -0.494 e. The molecule has 2 rings (SSSR count). The van der Waals surface area contributed by atoms with Crippen LogP contribution in [0.3, 0.4) is 0 Å². The number of carbonyl (C=O) groups is 2. The van der Waals surface area contributed by atoms with Crippen LogP contribution in [0.15, 0.2) is 54.6 Å². The van der Waals surface area contributed by atoms with Crippen molar-refractivity contribution in [3.63, 3.8) is 0 Å². The molecule has 138 valence electrons. The molecule has 0 saturated heterocycles.